The zero-order valence-corrected chi connectivity index (χ0v) is 11.8. The molecule has 2 rings (SSSR count). The summed E-state index contributed by atoms with van der Waals surface area (Å²) in [6, 6.07) is 0.294. The fraction of sp³-hybridized carbons (Fsp3) is 0.750. The summed E-state index contributed by atoms with van der Waals surface area (Å²) < 4.78 is 3.92. The fourth-order valence-electron chi connectivity index (χ4n) is 2.26. The van der Waals surface area contributed by atoms with Gasteiger partial charge in [0.15, 0.2) is 0 Å². The van der Waals surface area contributed by atoms with Crippen LogP contribution in [-0.2, 0) is 6.42 Å². The van der Waals surface area contributed by atoms with Gasteiger partial charge in [-0.2, -0.15) is 0 Å². The van der Waals surface area contributed by atoms with Crippen molar-refractivity contribution in [2.45, 2.75) is 38.6 Å². The second-order valence-electron chi connectivity index (χ2n) is 4.71. The molecule has 1 amide bonds. The van der Waals surface area contributed by atoms with Crippen LogP contribution in [0.1, 0.15) is 41.6 Å². The molecule has 1 atom stereocenters. The maximum Gasteiger partial charge on any atom is 0.267 e. The van der Waals surface area contributed by atoms with E-state index in [9.17, 15) is 4.79 Å². The van der Waals surface area contributed by atoms with E-state index in [2.05, 4.69) is 21.8 Å². The first kappa shape index (κ1) is 13.4. The van der Waals surface area contributed by atoms with Crippen molar-refractivity contribution in [1.29, 1.82) is 0 Å². The number of piperidine rings is 1. The lowest BCUT2D eigenvalue weighted by molar-refractivity contribution is 0.0712. The largest absolute Gasteiger partial charge is 0.337 e. The van der Waals surface area contributed by atoms with Gasteiger partial charge in [0, 0.05) is 19.6 Å². The summed E-state index contributed by atoms with van der Waals surface area (Å²) in [6.45, 7) is 4.03. The molecule has 18 heavy (non-hydrogen) atoms. The van der Waals surface area contributed by atoms with Crippen LogP contribution in [-0.4, -0.2) is 46.6 Å². The first-order valence-electron chi connectivity index (χ1n) is 6.53. The van der Waals surface area contributed by atoms with E-state index in [4.69, 9.17) is 0 Å². The second kappa shape index (κ2) is 6.24. The molecular formula is C12H20N4OS. The van der Waals surface area contributed by atoms with Gasteiger partial charge in [0.1, 0.15) is 4.88 Å². The number of hydrogen-bond donors (Lipinski definition) is 1. The van der Waals surface area contributed by atoms with Crippen molar-refractivity contribution < 1.29 is 4.79 Å². The molecule has 0 bridgehead atoms. The zero-order chi connectivity index (χ0) is 13.0. The van der Waals surface area contributed by atoms with Crippen molar-refractivity contribution in [3.8, 4) is 0 Å². The van der Waals surface area contributed by atoms with E-state index >= 15 is 0 Å². The molecule has 1 fully saturated rings. The standard InChI is InChI=1S/C12H20N4OS/c1-3-5-10-11(18-15-14-10)12(17)16(2)9-6-4-7-13-8-9/h9,13H,3-8H2,1-2H3. The van der Waals surface area contributed by atoms with Gasteiger partial charge in [-0.25, -0.2) is 0 Å². The third-order valence-corrected chi connectivity index (χ3v) is 4.13. The lowest BCUT2D eigenvalue weighted by Gasteiger charge is -2.31. The van der Waals surface area contributed by atoms with Gasteiger partial charge in [-0.1, -0.05) is 17.8 Å². The van der Waals surface area contributed by atoms with Crippen LogP contribution in [0, 0.1) is 0 Å². The molecule has 0 aromatic carbocycles. The third-order valence-electron chi connectivity index (χ3n) is 3.38. The van der Waals surface area contributed by atoms with Crippen molar-refractivity contribution in [3.63, 3.8) is 0 Å². The molecule has 0 radical (unpaired) electrons. The van der Waals surface area contributed by atoms with Crippen LogP contribution >= 0.6 is 11.5 Å². The maximum absolute atomic E-state index is 12.4. The molecule has 1 unspecified atom stereocenters. The number of nitrogens with one attached hydrogen (secondary N) is 1. The number of amides is 1. The first-order chi connectivity index (χ1) is 8.74. The topological polar surface area (TPSA) is 58.1 Å². The number of nitrogens with zero attached hydrogens (tertiary/aromatic N) is 3. The van der Waals surface area contributed by atoms with Crippen molar-refractivity contribution in [2.75, 3.05) is 20.1 Å². The SMILES string of the molecule is CCCc1nnsc1C(=O)N(C)C1CCCNC1. The number of carbonyl (C=O) groups is 1. The summed E-state index contributed by atoms with van der Waals surface area (Å²) in [5.74, 6) is 0.0714. The van der Waals surface area contributed by atoms with Gasteiger partial charge in [-0.15, -0.1) is 5.10 Å². The molecule has 1 N–H and O–H groups in total. The molecule has 1 saturated heterocycles. The third kappa shape index (κ3) is 2.87. The Morgan fingerprint density at radius 3 is 3.11 bits per heavy atom. The number of aromatic nitrogens is 2. The number of rotatable bonds is 4. The molecule has 100 valence electrons. The molecule has 6 heteroatoms. The van der Waals surface area contributed by atoms with Crippen LogP contribution in [0.4, 0.5) is 0 Å². The average molecular weight is 268 g/mol. The van der Waals surface area contributed by atoms with Crippen LogP contribution in [0.3, 0.4) is 0 Å². The van der Waals surface area contributed by atoms with Crippen molar-refractivity contribution in [2.24, 2.45) is 0 Å². The van der Waals surface area contributed by atoms with Crippen LogP contribution in [0.5, 0.6) is 0 Å². The highest BCUT2D eigenvalue weighted by atomic mass is 32.1. The Morgan fingerprint density at radius 2 is 2.44 bits per heavy atom. The molecule has 0 aliphatic carbocycles. The van der Waals surface area contributed by atoms with Crippen LogP contribution < -0.4 is 5.32 Å². The normalized spacial score (nSPS) is 19.8. The van der Waals surface area contributed by atoms with E-state index < -0.39 is 0 Å². The minimum atomic E-state index is 0.0714. The van der Waals surface area contributed by atoms with Crippen LogP contribution in [0.25, 0.3) is 0 Å². The van der Waals surface area contributed by atoms with Gasteiger partial charge in [0.05, 0.1) is 5.69 Å². The highest BCUT2D eigenvalue weighted by molar-refractivity contribution is 7.08. The molecular weight excluding hydrogens is 248 g/mol. The molecule has 5 nitrogen and oxygen atoms in total. The maximum atomic E-state index is 12.4. The van der Waals surface area contributed by atoms with E-state index in [-0.39, 0.29) is 5.91 Å². The average Bonchev–Trinajstić information content (AvgIpc) is 2.87. The predicted molar refractivity (Wildman–Crippen MR) is 71.9 cm³/mol. The van der Waals surface area contributed by atoms with E-state index in [1.54, 1.807) is 0 Å². The summed E-state index contributed by atoms with van der Waals surface area (Å²) in [5, 5.41) is 7.39. The van der Waals surface area contributed by atoms with Crippen LogP contribution in [0.2, 0.25) is 0 Å². The molecule has 0 spiro atoms. The molecule has 1 aromatic heterocycles. The molecule has 1 aromatic rings. The summed E-state index contributed by atoms with van der Waals surface area (Å²) in [6.07, 6.45) is 4.02. The molecule has 1 aliphatic rings. The highest BCUT2D eigenvalue weighted by Gasteiger charge is 2.26. The molecule has 2 heterocycles. The van der Waals surface area contributed by atoms with E-state index in [1.807, 2.05) is 11.9 Å². The summed E-state index contributed by atoms with van der Waals surface area (Å²) in [7, 11) is 1.88. The van der Waals surface area contributed by atoms with E-state index in [0.717, 1.165) is 44.5 Å². The zero-order valence-electron chi connectivity index (χ0n) is 11.0. The lowest BCUT2D eigenvalue weighted by atomic mass is 10.1. The Kier molecular flexibility index (Phi) is 4.66. The van der Waals surface area contributed by atoms with Gasteiger partial charge in [-0.05, 0) is 37.3 Å². The number of aryl methyl sites for hydroxylation is 1. The van der Waals surface area contributed by atoms with Crippen molar-refractivity contribution in [1.82, 2.24) is 19.8 Å². The summed E-state index contributed by atoms with van der Waals surface area (Å²) in [5.41, 5.74) is 0.850. The van der Waals surface area contributed by atoms with Gasteiger partial charge in [0.25, 0.3) is 5.91 Å². The number of likely N-dealkylation sites (N-methyl/N-ethyl adjacent to an activating group) is 1. The van der Waals surface area contributed by atoms with Crippen LogP contribution in [0.15, 0.2) is 0 Å². The summed E-state index contributed by atoms with van der Waals surface area (Å²) >= 11 is 1.22. The predicted octanol–water partition coefficient (Wildman–Crippen LogP) is 1.31. The Morgan fingerprint density at radius 1 is 1.61 bits per heavy atom. The Labute approximate surface area is 112 Å². The van der Waals surface area contributed by atoms with Gasteiger partial charge >= 0.3 is 0 Å². The van der Waals surface area contributed by atoms with E-state index in [1.165, 1.54) is 11.5 Å². The Bertz CT molecular complexity index is 401. The monoisotopic (exact) mass is 268 g/mol. The fourth-order valence-corrected chi connectivity index (χ4v) is 2.95. The minimum Gasteiger partial charge on any atom is -0.337 e. The Hall–Kier alpha value is -1.01. The van der Waals surface area contributed by atoms with Gasteiger partial charge in [0.2, 0.25) is 0 Å². The van der Waals surface area contributed by atoms with Crippen molar-refractivity contribution >= 4 is 17.4 Å². The quantitative estimate of drug-likeness (QED) is 0.894. The molecule has 1 aliphatic heterocycles. The Balaban J connectivity index is 2.07. The number of hydrogen-bond acceptors (Lipinski definition) is 5. The minimum absolute atomic E-state index is 0.0714. The lowest BCUT2D eigenvalue weighted by Crippen LogP contribution is -2.46. The van der Waals surface area contributed by atoms with Gasteiger partial charge < -0.3 is 10.2 Å². The van der Waals surface area contributed by atoms with Gasteiger partial charge in [-0.3, -0.25) is 4.79 Å². The highest BCUT2D eigenvalue weighted by Crippen LogP contribution is 2.18. The first-order valence-corrected chi connectivity index (χ1v) is 7.30. The number of carbonyl (C=O) groups excluding carboxylic acids is 1. The second-order valence-corrected chi connectivity index (χ2v) is 5.47. The smallest absolute Gasteiger partial charge is 0.267 e. The summed E-state index contributed by atoms with van der Waals surface area (Å²) in [4.78, 5) is 15.0. The molecule has 0 saturated carbocycles. The van der Waals surface area contributed by atoms with E-state index in [0.29, 0.717) is 10.9 Å². The van der Waals surface area contributed by atoms with Crippen molar-refractivity contribution in [3.05, 3.63) is 10.6 Å².